The Morgan fingerprint density at radius 1 is 1.14 bits per heavy atom. The second-order valence-corrected chi connectivity index (χ2v) is 5.38. The minimum absolute atomic E-state index is 0.0930. The van der Waals surface area contributed by atoms with Gasteiger partial charge >= 0.3 is 5.69 Å². The van der Waals surface area contributed by atoms with Crippen molar-refractivity contribution >= 4 is 11.0 Å². The van der Waals surface area contributed by atoms with Crippen LogP contribution in [0.25, 0.3) is 11.0 Å². The highest BCUT2D eigenvalue weighted by Crippen LogP contribution is 2.19. The molecule has 1 aromatic heterocycles. The predicted molar refractivity (Wildman–Crippen MR) is 88.5 cm³/mol. The number of ether oxygens (including phenoxy) is 1. The van der Waals surface area contributed by atoms with Crippen molar-refractivity contribution in [2.75, 3.05) is 6.61 Å². The number of nitrogens with zero attached hydrogens (tertiary/aromatic N) is 1. The first-order valence-electron chi connectivity index (χ1n) is 7.67. The van der Waals surface area contributed by atoms with Crippen LogP contribution in [0.2, 0.25) is 0 Å². The molecule has 1 heterocycles. The van der Waals surface area contributed by atoms with Gasteiger partial charge in [0.15, 0.2) is 0 Å². The molecule has 0 unspecified atom stereocenters. The summed E-state index contributed by atoms with van der Waals surface area (Å²) in [5, 5.41) is 0. The molecule has 0 radical (unpaired) electrons. The van der Waals surface area contributed by atoms with E-state index in [4.69, 9.17) is 4.74 Å². The summed E-state index contributed by atoms with van der Waals surface area (Å²) in [4.78, 5) is 15.1. The molecule has 4 nitrogen and oxygen atoms in total. The normalized spacial score (nSPS) is 11.0. The van der Waals surface area contributed by atoms with E-state index in [-0.39, 0.29) is 5.69 Å². The molecule has 0 aliphatic heterocycles. The van der Waals surface area contributed by atoms with Crippen LogP contribution in [0.5, 0.6) is 5.75 Å². The van der Waals surface area contributed by atoms with Gasteiger partial charge in [-0.1, -0.05) is 43.7 Å². The topological polar surface area (TPSA) is 47.0 Å². The highest BCUT2D eigenvalue weighted by molar-refractivity contribution is 5.77. The van der Waals surface area contributed by atoms with Gasteiger partial charge in [-0.15, -0.1) is 0 Å². The Balaban J connectivity index is 1.88. The van der Waals surface area contributed by atoms with Gasteiger partial charge in [0.2, 0.25) is 0 Å². The van der Waals surface area contributed by atoms with Crippen molar-refractivity contribution in [3.63, 3.8) is 0 Å². The molecule has 0 saturated carbocycles. The SMILES string of the molecule is CCCCOc1ccc2c(c1)[nH]c(=O)n2Cc1ccccc1. The number of fused-ring (bicyclic) bond motifs is 1. The van der Waals surface area contributed by atoms with Gasteiger partial charge in [0.05, 0.1) is 24.2 Å². The number of hydrogen-bond donors (Lipinski definition) is 1. The second-order valence-electron chi connectivity index (χ2n) is 5.38. The Hall–Kier alpha value is -2.49. The zero-order valence-electron chi connectivity index (χ0n) is 12.7. The molecule has 3 aromatic rings. The third kappa shape index (κ3) is 3.06. The van der Waals surface area contributed by atoms with Crippen LogP contribution in [0, 0.1) is 0 Å². The molecule has 0 spiro atoms. The van der Waals surface area contributed by atoms with E-state index in [1.54, 1.807) is 4.57 Å². The van der Waals surface area contributed by atoms with Crippen LogP contribution >= 0.6 is 0 Å². The lowest BCUT2D eigenvalue weighted by atomic mass is 10.2. The molecule has 0 saturated heterocycles. The Kier molecular flexibility index (Phi) is 4.28. The van der Waals surface area contributed by atoms with Crippen LogP contribution < -0.4 is 10.4 Å². The highest BCUT2D eigenvalue weighted by atomic mass is 16.5. The molecule has 3 rings (SSSR count). The highest BCUT2D eigenvalue weighted by Gasteiger charge is 2.08. The number of benzene rings is 2. The van der Waals surface area contributed by atoms with Gasteiger partial charge in [-0.05, 0) is 24.1 Å². The number of rotatable bonds is 6. The fraction of sp³-hybridized carbons (Fsp3) is 0.278. The summed E-state index contributed by atoms with van der Waals surface area (Å²) < 4.78 is 7.44. The van der Waals surface area contributed by atoms with E-state index in [2.05, 4.69) is 11.9 Å². The van der Waals surface area contributed by atoms with E-state index in [0.717, 1.165) is 35.2 Å². The largest absolute Gasteiger partial charge is 0.494 e. The minimum atomic E-state index is -0.0930. The van der Waals surface area contributed by atoms with Crippen molar-refractivity contribution in [2.24, 2.45) is 0 Å². The molecule has 1 N–H and O–H groups in total. The summed E-state index contributed by atoms with van der Waals surface area (Å²) in [5.41, 5.74) is 2.73. The van der Waals surface area contributed by atoms with Crippen LogP contribution in [0.1, 0.15) is 25.3 Å². The zero-order chi connectivity index (χ0) is 15.4. The van der Waals surface area contributed by atoms with E-state index < -0.39 is 0 Å². The van der Waals surface area contributed by atoms with Crippen molar-refractivity contribution in [2.45, 2.75) is 26.3 Å². The van der Waals surface area contributed by atoms with Crippen molar-refractivity contribution in [1.82, 2.24) is 9.55 Å². The first-order valence-corrected chi connectivity index (χ1v) is 7.67. The Bertz CT molecular complexity index is 803. The molecule has 0 aliphatic carbocycles. The van der Waals surface area contributed by atoms with Crippen LogP contribution in [-0.4, -0.2) is 16.2 Å². The van der Waals surface area contributed by atoms with E-state index in [9.17, 15) is 4.79 Å². The molecule has 0 atom stereocenters. The molecule has 0 amide bonds. The van der Waals surface area contributed by atoms with E-state index in [1.807, 2.05) is 48.5 Å². The number of aromatic amines is 1. The first kappa shape index (κ1) is 14.4. The van der Waals surface area contributed by atoms with Gasteiger partial charge in [-0.25, -0.2) is 4.79 Å². The third-order valence-electron chi connectivity index (χ3n) is 3.70. The number of nitrogens with one attached hydrogen (secondary N) is 1. The third-order valence-corrected chi connectivity index (χ3v) is 3.70. The number of imidazole rings is 1. The predicted octanol–water partition coefficient (Wildman–Crippen LogP) is 3.56. The van der Waals surface area contributed by atoms with Gasteiger partial charge in [-0.3, -0.25) is 4.57 Å². The van der Waals surface area contributed by atoms with Crippen LogP contribution in [0.4, 0.5) is 0 Å². The minimum Gasteiger partial charge on any atom is -0.494 e. The average molecular weight is 296 g/mol. The van der Waals surface area contributed by atoms with E-state index in [1.165, 1.54) is 0 Å². The lowest BCUT2D eigenvalue weighted by Gasteiger charge is -2.06. The van der Waals surface area contributed by atoms with Crippen LogP contribution in [0.3, 0.4) is 0 Å². The molecule has 114 valence electrons. The summed E-state index contributed by atoms with van der Waals surface area (Å²) in [6, 6.07) is 15.7. The molecule has 2 aromatic carbocycles. The first-order chi connectivity index (χ1) is 10.8. The fourth-order valence-corrected chi connectivity index (χ4v) is 2.49. The molecular weight excluding hydrogens is 276 g/mol. The van der Waals surface area contributed by atoms with Crippen molar-refractivity contribution in [1.29, 1.82) is 0 Å². The molecule has 0 aliphatic rings. The van der Waals surface area contributed by atoms with Gasteiger partial charge < -0.3 is 9.72 Å². The Morgan fingerprint density at radius 3 is 2.73 bits per heavy atom. The summed E-state index contributed by atoms with van der Waals surface area (Å²) >= 11 is 0. The number of H-pyrrole nitrogens is 1. The molecule has 4 heteroatoms. The molecule has 0 fully saturated rings. The van der Waals surface area contributed by atoms with E-state index in [0.29, 0.717) is 13.2 Å². The number of hydrogen-bond acceptors (Lipinski definition) is 2. The number of unbranched alkanes of at least 4 members (excludes halogenated alkanes) is 1. The van der Waals surface area contributed by atoms with Crippen LogP contribution in [-0.2, 0) is 6.54 Å². The fourth-order valence-electron chi connectivity index (χ4n) is 2.49. The monoisotopic (exact) mass is 296 g/mol. The summed E-state index contributed by atoms with van der Waals surface area (Å²) in [6.45, 7) is 3.40. The van der Waals surface area contributed by atoms with Crippen molar-refractivity contribution in [3.05, 3.63) is 64.6 Å². The summed E-state index contributed by atoms with van der Waals surface area (Å²) in [5.74, 6) is 0.800. The smallest absolute Gasteiger partial charge is 0.326 e. The lowest BCUT2D eigenvalue weighted by Crippen LogP contribution is -2.17. The maximum atomic E-state index is 12.2. The molecule has 0 bridgehead atoms. The quantitative estimate of drug-likeness (QED) is 0.707. The maximum Gasteiger partial charge on any atom is 0.326 e. The average Bonchev–Trinajstić information content (AvgIpc) is 2.84. The standard InChI is InChI=1S/C18H20N2O2/c1-2-3-11-22-15-9-10-17-16(12-15)19-18(21)20(17)13-14-7-5-4-6-8-14/h4-10,12H,2-3,11,13H2,1H3,(H,19,21). The van der Waals surface area contributed by atoms with Gasteiger partial charge in [0.1, 0.15) is 5.75 Å². The Labute approximate surface area is 129 Å². The maximum absolute atomic E-state index is 12.2. The number of aromatic nitrogens is 2. The van der Waals surface area contributed by atoms with Crippen molar-refractivity contribution in [3.8, 4) is 5.75 Å². The van der Waals surface area contributed by atoms with Gasteiger partial charge in [0, 0.05) is 6.07 Å². The zero-order valence-corrected chi connectivity index (χ0v) is 12.7. The second kappa shape index (κ2) is 6.52. The summed E-state index contributed by atoms with van der Waals surface area (Å²) in [7, 11) is 0. The van der Waals surface area contributed by atoms with Gasteiger partial charge in [0.25, 0.3) is 0 Å². The molecule has 22 heavy (non-hydrogen) atoms. The molecular formula is C18H20N2O2. The van der Waals surface area contributed by atoms with E-state index >= 15 is 0 Å². The van der Waals surface area contributed by atoms with Crippen LogP contribution in [0.15, 0.2) is 53.3 Å². The Morgan fingerprint density at radius 2 is 1.95 bits per heavy atom. The lowest BCUT2D eigenvalue weighted by molar-refractivity contribution is 0.310. The van der Waals surface area contributed by atoms with Crippen molar-refractivity contribution < 1.29 is 4.74 Å². The van der Waals surface area contributed by atoms with Gasteiger partial charge in [-0.2, -0.15) is 0 Å². The summed E-state index contributed by atoms with van der Waals surface area (Å²) in [6.07, 6.45) is 2.14.